The molecular formula is C7H12FNO2. The summed E-state index contributed by atoms with van der Waals surface area (Å²) in [5.74, 6) is 0.654. The van der Waals surface area contributed by atoms with Crippen molar-refractivity contribution >= 4 is 5.90 Å². The molecule has 0 saturated carbocycles. The Kier molecular flexibility index (Phi) is 3.29. The Morgan fingerprint density at radius 2 is 2.64 bits per heavy atom. The zero-order valence-electron chi connectivity index (χ0n) is 6.55. The van der Waals surface area contributed by atoms with Crippen LogP contribution in [-0.4, -0.2) is 38.9 Å². The molecule has 1 atom stereocenters. The van der Waals surface area contributed by atoms with Gasteiger partial charge in [-0.05, 0) is 0 Å². The van der Waals surface area contributed by atoms with Crippen molar-refractivity contribution in [2.45, 2.75) is 12.5 Å². The fraction of sp³-hybridized carbons (Fsp3) is 0.857. The number of hydrogen-bond donors (Lipinski definition) is 0. The second-order valence-corrected chi connectivity index (χ2v) is 2.34. The average Bonchev–Trinajstić information content (AvgIpc) is 2.28. The highest BCUT2D eigenvalue weighted by Crippen LogP contribution is 2.03. The SMILES string of the molecule is COC1=NCC(CF)OCC1. The molecule has 0 aromatic carbocycles. The molecule has 1 aliphatic rings. The molecule has 0 N–H and O–H groups in total. The molecule has 11 heavy (non-hydrogen) atoms. The third kappa shape index (κ3) is 2.46. The van der Waals surface area contributed by atoms with Gasteiger partial charge in [0.1, 0.15) is 12.8 Å². The lowest BCUT2D eigenvalue weighted by atomic mass is 10.4. The molecule has 64 valence electrons. The summed E-state index contributed by atoms with van der Waals surface area (Å²) >= 11 is 0. The molecule has 0 bridgehead atoms. The standard InChI is InChI=1S/C7H12FNO2/c1-10-7-2-3-11-6(4-8)5-9-7/h6H,2-5H2,1H3. The number of aliphatic imine (C=N–C) groups is 1. The first-order chi connectivity index (χ1) is 5.36. The minimum Gasteiger partial charge on any atom is -0.484 e. The maximum atomic E-state index is 12.1. The molecule has 0 saturated heterocycles. The van der Waals surface area contributed by atoms with E-state index in [-0.39, 0.29) is 6.10 Å². The lowest BCUT2D eigenvalue weighted by molar-refractivity contribution is 0.0499. The monoisotopic (exact) mass is 161 g/mol. The van der Waals surface area contributed by atoms with E-state index in [2.05, 4.69) is 4.99 Å². The van der Waals surface area contributed by atoms with E-state index >= 15 is 0 Å². The molecule has 0 amide bonds. The Hall–Kier alpha value is -0.640. The van der Waals surface area contributed by atoms with Gasteiger partial charge in [-0.2, -0.15) is 0 Å². The highest BCUT2D eigenvalue weighted by molar-refractivity contribution is 5.76. The van der Waals surface area contributed by atoms with Crippen molar-refractivity contribution in [1.29, 1.82) is 0 Å². The van der Waals surface area contributed by atoms with Gasteiger partial charge in [-0.25, -0.2) is 4.39 Å². The number of alkyl halides is 1. The molecule has 0 radical (unpaired) electrons. The average molecular weight is 161 g/mol. The molecule has 0 aromatic heterocycles. The molecule has 1 rings (SSSR count). The fourth-order valence-electron chi connectivity index (χ4n) is 0.908. The molecule has 3 nitrogen and oxygen atoms in total. The lowest BCUT2D eigenvalue weighted by Gasteiger charge is -2.06. The summed E-state index contributed by atoms with van der Waals surface area (Å²) in [5, 5.41) is 0. The van der Waals surface area contributed by atoms with Crippen LogP contribution in [0.3, 0.4) is 0 Å². The highest BCUT2D eigenvalue weighted by atomic mass is 19.1. The number of hydrogen-bond acceptors (Lipinski definition) is 3. The van der Waals surface area contributed by atoms with E-state index in [9.17, 15) is 4.39 Å². The summed E-state index contributed by atoms with van der Waals surface area (Å²) in [7, 11) is 1.56. The molecule has 4 heteroatoms. The van der Waals surface area contributed by atoms with Crippen LogP contribution in [0.5, 0.6) is 0 Å². The van der Waals surface area contributed by atoms with Gasteiger partial charge in [-0.1, -0.05) is 0 Å². The molecule has 0 aliphatic carbocycles. The van der Waals surface area contributed by atoms with Gasteiger partial charge >= 0.3 is 0 Å². The van der Waals surface area contributed by atoms with Gasteiger partial charge in [0.25, 0.3) is 0 Å². The lowest BCUT2D eigenvalue weighted by Crippen LogP contribution is -2.17. The first-order valence-electron chi connectivity index (χ1n) is 3.61. The number of nitrogens with zero attached hydrogens (tertiary/aromatic N) is 1. The fourth-order valence-corrected chi connectivity index (χ4v) is 0.908. The van der Waals surface area contributed by atoms with Crippen LogP contribution >= 0.6 is 0 Å². The number of ether oxygens (including phenoxy) is 2. The topological polar surface area (TPSA) is 30.8 Å². The van der Waals surface area contributed by atoms with Gasteiger partial charge in [0, 0.05) is 6.42 Å². The Morgan fingerprint density at radius 1 is 1.82 bits per heavy atom. The van der Waals surface area contributed by atoms with Gasteiger partial charge in [0.15, 0.2) is 5.90 Å². The van der Waals surface area contributed by atoms with Gasteiger partial charge < -0.3 is 9.47 Å². The number of rotatable bonds is 1. The second-order valence-electron chi connectivity index (χ2n) is 2.34. The van der Waals surface area contributed by atoms with Gasteiger partial charge in [0.05, 0.1) is 20.3 Å². The van der Waals surface area contributed by atoms with Crippen molar-refractivity contribution in [2.24, 2.45) is 4.99 Å². The van der Waals surface area contributed by atoms with Crippen molar-refractivity contribution in [2.75, 3.05) is 26.9 Å². The van der Waals surface area contributed by atoms with Crippen LogP contribution < -0.4 is 0 Å². The van der Waals surface area contributed by atoms with E-state index in [4.69, 9.17) is 9.47 Å². The van der Waals surface area contributed by atoms with Crippen molar-refractivity contribution in [3.63, 3.8) is 0 Å². The summed E-state index contributed by atoms with van der Waals surface area (Å²) < 4.78 is 22.1. The third-order valence-electron chi connectivity index (χ3n) is 1.55. The van der Waals surface area contributed by atoms with Crippen molar-refractivity contribution in [3.05, 3.63) is 0 Å². The smallest absolute Gasteiger partial charge is 0.185 e. The van der Waals surface area contributed by atoms with E-state index in [0.717, 1.165) is 0 Å². The van der Waals surface area contributed by atoms with E-state index in [0.29, 0.717) is 25.5 Å². The second kappa shape index (κ2) is 4.28. The predicted octanol–water partition coefficient (Wildman–Crippen LogP) is 0.790. The maximum Gasteiger partial charge on any atom is 0.185 e. The van der Waals surface area contributed by atoms with Crippen molar-refractivity contribution in [3.8, 4) is 0 Å². The molecule has 1 unspecified atom stereocenters. The summed E-state index contributed by atoms with van der Waals surface area (Å²) in [6.07, 6.45) is 0.273. The van der Waals surface area contributed by atoms with E-state index in [1.807, 2.05) is 0 Å². The Balaban J connectivity index is 2.42. The van der Waals surface area contributed by atoms with Gasteiger partial charge in [-0.15, -0.1) is 0 Å². The summed E-state index contributed by atoms with van der Waals surface area (Å²) in [6, 6.07) is 0. The molecule has 0 spiro atoms. The van der Waals surface area contributed by atoms with Gasteiger partial charge in [0.2, 0.25) is 0 Å². The summed E-state index contributed by atoms with van der Waals surface area (Å²) in [5.41, 5.74) is 0. The molecule has 0 fully saturated rings. The first kappa shape index (κ1) is 8.46. The van der Waals surface area contributed by atoms with Crippen LogP contribution in [0.15, 0.2) is 4.99 Å². The van der Waals surface area contributed by atoms with Crippen molar-refractivity contribution < 1.29 is 13.9 Å². The summed E-state index contributed by atoms with van der Waals surface area (Å²) in [4.78, 5) is 4.02. The Labute approximate surface area is 65.2 Å². The van der Waals surface area contributed by atoms with E-state index < -0.39 is 6.67 Å². The maximum absolute atomic E-state index is 12.1. The largest absolute Gasteiger partial charge is 0.484 e. The third-order valence-corrected chi connectivity index (χ3v) is 1.55. The van der Waals surface area contributed by atoms with Crippen LogP contribution in [0, 0.1) is 0 Å². The highest BCUT2D eigenvalue weighted by Gasteiger charge is 2.13. The van der Waals surface area contributed by atoms with Crippen LogP contribution in [0.2, 0.25) is 0 Å². The zero-order valence-corrected chi connectivity index (χ0v) is 6.55. The Bertz CT molecular complexity index is 149. The van der Waals surface area contributed by atoms with Crippen LogP contribution in [0.4, 0.5) is 4.39 Å². The van der Waals surface area contributed by atoms with Gasteiger partial charge in [-0.3, -0.25) is 4.99 Å². The molecule has 0 aromatic rings. The van der Waals surface area contributed by atoms with Crippen molar-refractivity contribution in [1.82, 2.24) is 0 Å². The number of methoxy groups -OCH3 is 1. The Morgan fingerprint density at radius 3 is 3.27 bits per heavy atom. The van der Waals surface area contributed by atoms with E-state index in [1.165, 1.54) is 0 Å². The minimum absolute atomic E-state index is 0.373. The molecular weight excluding hydrogens is 149 g/mol. The quantitative estimate of drug-likeness (QED) is 0.569. The van der Waals surface area contributed by atoms with Crippen LogP contribution in [0.1, 0.15) is 6.42 Å². The van der Waals surface area contributed by atoms with E-state index in [1.54, 1.807) is 7.11 Å². The number of halogens is 1. The molecule has 1 aliphatic heterocycles. The molecule has 1 heterocycles. The predicted molar refractivity (Wildman–Crippen MR) is 39.6 cm³/mol. The normalized spacial score (nSPS) is 25.6. The minimum atomic E-state index is -0.472. The van der Waals surface area contributed by atoms with Crippen LogP contribution in [-0.2, 0) is 9.47 Å². The van der Waals surface area contributed by atoms with Crippen LogP contribution in [0.25, 0.3) is 0 Å². The summed E-state index contributed by atoms with van der Waals surface area (Å²) in [6.45, 7) is 0.404. The first-order valence-corrected chi connectivity index (χ1v) is 3.61. The zero-order chi connectivity index (χ0) is 8.10.